The van der Waals surface area contributed by atoms with Crippen molar-refractivity contribution in [2.45, 2.75) is 20.3 Å². The van der Waals surface area contributed by atoms with E-state index in [1.165, 1.54) is 23.8 Å². The van der Waals surface area contributed by atoms with Crippen LogP contribution in [0.4, 0.5) is 0 Å². The lowest BCUT2D eigenvalue weighted by molar-refractivity contribution is 0.0697. The quantitative estimate of drug-likeness (QED) is 0.690. The van der Waals surface area contributed by atoms with Gasteiger partial charge in [0.05, 0.1) is 17.6 Å². The third kappa shape index (κ3) is 3.77. The summed E-state index contributed by atoms with van der Waals surface area (Å²) in [7, 11) is 0. The number of aromatic carboxylic acids is 1. The summed E-state index contributed by atoms with van der Waals surface area (Å²) in [6.45, 7) is 4.15. The van der Waals surface area contributed by atoms with Crippen molar-refractivity contribution in [2.24, 2.45) is 0 Å². The number of rotatable bonds is 6. The molecule has 0 fully saturated rings. The number of carbonyl (C=O) groups is 1. The Labute approximate surface area is 156 Å². The number of fused-ring (bicyclic) bond motifs is 1. The van der Waals surface area contributed by atoms with Crippen molar-refractivity contribution < 1.29 is 19.1 Å². The third-order valence-electron chi connectivity index (χ3n) is 4.26. The van der Waals surface area contributed by atoms with Gasteiger partial charge in [0.2, 0.25) is 11.2 Å². The molecule has 0 amide bonds. The molecule has 3 aromatic rings. The van der Waals surface area contributed by atoms with Crippen LogP contribution in [0.15, 0.2) is 51.7 Å². The van der Waals surface area contributed by atoms with Gasteiger partial charge in [0, 0.05) is 0 Å². The highest BCUT2D eigenvalue weighted by molar-refractivity contribution is 5.93. The predicted octanol–water partition coefficient (Wildman–Crippen LogP) is 4.62. The summed E-state index contributed by atoms with van der Waals surface area (Å²) in [6.07, 6.45) is 4.49. The average molecular weight is 364 g/mol. The monoisotopic (exact) mass is 364 g/mol. The van der Waals surface area contributed by atoms with E-state index >= 15 is 0 Å². The molecule has 0 bridgehead atoms. The minimum absolute atomic E-state index is 0.0254. The van der Waals surface area contributed by atoms with E-state index in [1.807, 2.05) is 30.3 Å². The fraction of sp³-hybridized carbons (Fsp3) is 0.182. The van der Waals surface area contributed by atoms with Gasteiger partial charge >= 0.3 is 5.97 Å². The molecule has 2 aromatic carbocycles. The van der Waals surface area contributed by atoms with E-state index in [4.69, 9.17) is 14.3 Å². The van der Waals surface area contributed by atoms with E-state index in [0.29, 0.717) is 18.0 Å². The molecule has 0 aliphatic carbocycles. The summed E-state index contributed by atoms with van der Waals surface area (Å²) in [4.78, 5) is 24.0. The molecule has 5 nitrogen and oxygen atoms in total. The Morgan fingerprint density at radius 2 is 1.93 bits per heavy atom. The first-order valence-electron chi connectivity index (χ1n) is 8.78. The lowest BCUT2D eigenvalue weighted by atomic mass is 10.0. The first-order chi connectivity index (χ1) is 13.0. The second-order valence-corrected chi connectivity index (χ2v) is 5.96. The van der Waals surface area contributed by atoms with E-state index in [-0.39, 0.29) is 22.1 Å². The fourth-order valence-corrected chi connectivity index (χ4v) is 2.90. The maximum absolute atomic E-state index is 12.8. The molecule has 3 rings (SSSR count). The Kier molecular flexibility index (Phi) is 5.41. The zero-order valence-corrected chi connectivity index (χ0v) is 15.2. The Hall–Kier alpha value is -3.34. The molecule has 0 saturated heterocycles. The van der Waals surface area contributed by atoms with E-state index < -0.39 is 5.97 Å². The van der Waals surface area contributed by atoms with Crippen molar-refractivity contribution in [3.05, 3.63) is 75.1 Å². The molecular weight excluding hydrogens is 344 g/mol. The second-order valence-electron chi connectivity index (χ2n) is 5.96. The first kappa shape index (κ1) is 18.5. The van der Waals surface area contributed by atoms with E-state index in [2.05, 4.69) is 6.92 Å². The highest BCUT2D eigenvalue weighted by Gasteiger charge is 2.16. The van der Waals surface area contributed by atoms with Gasteiger partial charge in [0.25, 0.3) is 0 Å². The molecule has 0 aliphatic rings. The zero-order valence-electron chi connectivity index (χ0n) is 15.2. The number of hydrogen-bond donors (Lipinski definition) is 1. The van der Waals surface area contributed by atoms with Crippen molar-refractivity contribution >= 4 is 29.1 Å². The van der Waals surface area contributed by atoms with Crippen LogP contribution in [0.1, 0.15) is 41.1 Å². The van der Waals surface area contributed by atoms with Gasteiger partial charge in [0.15, 0.2) is 5.76 Å². The topological polar surface area (TPSA) is 76.7 Å². The van der Waals surface area contributed by atoms with Gasteiger partial charge in [-0.15, -0.1) is 0 Å². The average Bonchev–Trinajstić information content (AvgIpc) is 2.68. The van der Waals surface area contributed by atoms with E-state index in [9.17, 15) is 9.59 Å². The van der Waals surface area contributed by atoms with Crippen molar-refractivity contribution in [1.29, 1.82) is 0 Å². The Bertz CT molecular complexity index is 1080. The molecule has 1 aromatic heterocycles. The smallest absolute Gasteiger partial charge is 0.335 e. The zero-order chi connectivity index (χ0) is 19.4. The maximum atomic E-state index is 12.8. The summed E-state index contributed by atoms with van der Waals surface area (Å²) >= 11 is 0. The largest absolute Gasteiger partial charge is 0.487 e. The van der Waals surface area contributed by atoms with Gasteiger partial charge in [-0.1, -0.05) is 37.3 Å². The minimum atomic E-state index is -1.10. The van der Waals surface area contributed by atoms with Crippen LogP contribution >= 0.6 is 0 Å². The van der Waals surface area contributed by atoms with Gasteiger partial charge in [0.1, 0.15) is 5.58 Å². The lowest BCUT2D eigenvalue weighted by Crippen LogP contribution is -2.11. The van der Waals surface area contributed by atoms with E-state index in [0.717, 1.165) is 12.0 Å². The molecule has 0 atom stereocenters. The lowest BCUT2D eigenvalue weighted by Gasteiger charge is -2.08. The molecule has 27 heavy (non-hydrogen) atoms. The van der Waals surface area contributed by atoms with Gasteiger partial charge < -0.3 is 14.3 Å². The number of aryl methyl sites for hydroxylation is 1. The van der Waals surface area contributed by atoms with Crippen molar-refractivity contribution in [1.82, 2.24) is 0 Å². The number of carboxylic acids is 1. The van der Waals surface area contributed by atoms with Gasteiger partial charge in [-0.05, 0) is 48.7 Å². The fourth-order valence-electron chi connectivity index (χ4n) is 2.90. The predicted molar refractivity (Wildman–Crippen MR) is 105 cm³/mol. The highest BCUT2D eigenvalue weighted by Crippen LogP contribution is 2.24. The van der Waals surface area contributed by atoms with Gasteiger partial charge in [-0.2, -0.15) is 0 Å². The second kappa shape index (κ2) is 7.91. The van der Waals surface area contributed by atoms with Crippen LogP contribution in [0.5, 0.6) is 5.75 Å². The maximum Gasteiger partial charge on any atom is 0.335 e. The van der Waals surface area contributed by atoms with Gasteiger partial charge in [-0.25, -0.2) is 4.79 Å². The molecular formula is C22H20O5. The van der Waals surface area contributed by atoms with Crippen molar-refractivity contribution in [3.63, 3.8) is 0 Å². The third-order valence-corrected chi connectivity index (χ3v) is 4.26. The molecule has 5 heteroatoms. The van der Waals surface area contributed by atoms with Crippen molar-refractivity contribution in [3.8, 4) is 5.75 Å². The molecule has 0 aliphatic heterocycles. The van der Waals surface area contributed by atoms with Crippen molar-refractivity contribution in [2.75, 3.05) is 6.61 Å². The Morgan fingerprint density at radius 1 is 1.15 bits per heavy atom. The molecule has 0 spiro atoms. The summed E-state index contributed by atoms with van der Waals surface area (Å²) < 4.78 is 11.4. The summed E-state index contributed by atoms with van der Waals surface area (Å²) in [6, 6.07) is 12.2. The number of benzene rings is 2. The molecule has 1 heterocycles. The Morgan fingerprint density at radius 3 is 2.63 bits per heavy atom. The molecule has 0 radical (unpaired) electrons. The minimum Gasteiger partial charge on any atom is -0.487 e. The standard InChI is InChI=1S/C22H20O5/c1-3-14-7-5-6-8-15(14)9-12-19-21(26-4-2)20(23)17-13-16(22(24)25)10-11-18(17)27-19/h5-13H,3-4H2,1-2H3,(H,24,25)/b12-9+. The van der Waals surface area contributed by atoms with Crippen LogP contribution in [0.25, 0.3) is 23.1 Å². The van der Waals surface area contributed by atoms with Gasteiger partial charge in [-0.3, -0.25) is 4.79 Å². The van der Waals surface area contributed by atoms with E-state index in [1.54, 1.807) is 13.0 Å². The Balaban J connectivity index is 2.15. The molecule has 138 valence electrons. The molecule has 0 unspecified atom stereocenters. The summed E-state index contributed by atoms with van der Waals surface area (Å²) in [5.41, 5.74) is 2.17. The van der Waals surface area contributed by atoms with Crippen LogP contribution in [0, 0.1) is 0 Å². The summed E-state index contributed by atoms with van der Waals surface area (Å²) in [5.74, 6) is -0.712. The molecule has 0 saturated carbocycles. The van der Waals surface area contributed by atoms with Crippen LogP contribution in [-0.4, -0.2) is 17.7 Å². The number of hydrogen-bond acceptors (Lipinski definition) is 4. The first-order valence-corrected chi connectivity index (χ1v) is 8.78. The molecule has 1 N–H and O–H groups in total. The van der Waals surface area contributed by atoms with Crippen LogP contribution in [-0.2, 0) is 6.42 Å². The normalized spacial score (nSPS) is 11.2. The highest BCUT2D eigenvalue weighted by atomic mass is 16.5. The number of ether oxygens (including phenoxy) is 1. The van der Waals surface area contributed by atoms with Crippen LogP contribution < -0.4 is 10.2 Å². The number of carboxylic acid groups (broad SMARTS) is 1. The van der Waals surface area contributed by atoms with Crippen LogP contribution in [0.2, 0.25) is 0 Å². The van der Waals surface area contributed by atoms with Crippen LogP contribution in [0.3, 0.4) is 0 Å². The summed E-state index contributed by atoms with van der Waals surface area (Å²) in [5, 5.41) is 9.33. The SMILES string of the molecule is CCOc1c(/C=C/c2ccccc2CC)oc2ccc(C(=O)O)cc2c1=O.